The van der Waals surface area contributed by atoms with Gasteiger partial charge in [-0.2, -0.15) is 0 Å². The number of amidine groups is 2. The minimum absolute atomic E-state index is 0.243. The molecule has 1 aromatic heterocycles. The van der Waals surface area contributed by atoms with Crippen LogP contribution >= 0.6 is 11.3 Å². The number of nitrogens with one attached hydrogen (secondary N) is 1. The van der Waals surface area contributed by atoms with E-state index in [1.807, 2.05) is 18.2 Å². The summed E-state index contributed by atoms with van der Waals surface area (Å²) in [5, 5.41) is 10.9. The Kier molecular flexibility index (Phi) is 4.77. The third-order valence-electron chi connectivity index (χ3n) is 5.50. The molecule has 0 unspecified atom stereocenters. The summed E-state index contributed by atoms with van der Waals surface area (Å²) in [7, 11) is 0. The molecule has 3 aromatic carbocycles. The first kappa shape index (κ1) is 18.5. The maximum Gasteiger partial charge on any atom is 0.150 e. The summed E-state index contributed by atoms with van der Waals surface area (Å²) in [6.07, 6.45) is 5.80. The van der Waals surface area contributed by atoms with E-state index in [1.54, 1.807) is 11.3 Å². The number of hydrogen-bond acceptors (Lipinski definition) is 2. The second-order valence-corrected chi connectivity index (χ2v) is 8.49. The Bertz CT molecular complexity index is 1360. The molecule has 4 aromatic rings. The van der Waals surface area contributed by atoms with Gasteiger partial charge in [0.15, 0.2) is 0 Å². The first-order valence-electron chi connectivity index (χ1n) is 9.99. The summed E-state index contributed by atoms with van der Waals surface area (Å²) in [5.74, 6) is 0.630. The van der Waals surface area contributed by atoms with Crippen LogP contribution < -0.4 is 5.73 Å². The van der Waals surface area contributed by atoms with Crippen molar-refractivity contribution in [1.29, 1.82) is 5.41 Å². The van der Waals surface area contributed by atoms with E-state index in [1.165, 1.54) is 31.3 Å². The minimum atomic E-state index is 0.243. The van der Waals surface area contributed by atoms with Crippen LogP contribution in [0.25, 0.3) is 25.7 Å². The zero-order valence-electron chi connectivity index (χ0n) is 16.4. The highest BCUT2D eigenvalue weighted by Crippen LogP contribution is 2.34. The van der Waals surface area contributed by atoms with Crippen LogP contribution in [0, 0.1) is 5.41 Å². The van der Waals surface area contributed by atoms with Crippen LogP contribution in [-0.4, -0.2) is 11.7 Å². The van der Waals surface area contributed by atoms with E-state index >= 15 is 0 Å². The van der Waals surface area contributed by atoms with Crippen molar-refractivity contribution in [3.63, 3.8) is 0 Å². The molecule has 0 spiro atoms. The highest BCUT2D eigenvalue weighted by molar-refractivity contribution is 7.25. The first-order valence-corrected chi connectivity index (χ1v) is 10.8. The average molecular weight is 408 g/mol. The molecule has 1 aliphatic rings. The molecular weight excluding hydrogens is 386 g/mol. The zero-order valence-corrected chi connectivity index (χ0v) is 17.2. The van der Waals surface area contributed by atoms with E-state index in [-0.39, 0.29) is 5.84 Å². The Morgan fingerprint density at radius 2 is 1.60 bits per heavy atom. The zero-order chi connectivity index (χ0) is 20.5. The molecule has 0 atom stereocenters. The molecule has 1 heterocycles. The first-order chi connectivity index (χ1) is 14.7. The monoisotopic (exact) mass is 407 g/mol. The van der Waals surface area contributed by atoms with Crippen molar-refractivity contribution in [1.82, 2.24) is 0 Å². The molecular formula is C26H21N3S. The number of hydrogen-bond donors (Lipinski definition) is 2. The fourth-order valence-electron chi connectivity index (χ4n) is 3.87. The average Bonchev–Trinajstić information content (AvgIpc) is 3.17. The van der Waals surface area contributed by atoms with Gasteiger partial charge in [0.1, 0.15) is 11.7 Å². The summed E-state index contributed by atoms with van der Waals surface area (Å²) >= 11 is 1.75. The van der Waals surface area contributed by atoms with Gasteiger partial charge in [0.05, 0.1) is 0 Å². The maximum atomic E-state index is 8.42. The molecule has 0 bridgehead atoms. The van der Waals surface area contributed by atoms with Gasteiger partial charge in [-0.3, -0.25) is 5.41 Å². The molecule has 30 heavy (non-hydrogen) atoms. The van der Waals surface area contributed by atoms with Crippen molar-refractivity contribution < 1.29 is 0 Å². The second-order valence-electron chi connectivity index (χ2n) is 7.40. The van der Waals surface area contributed by atoms with Crippen LogP contribution in [0.2, 0.25) is 0 Å². The topological polar surface area (TPSA) is 62.2 Å². The largest absolute Gasteiger partial charge is 0.383 e. The van der Waals surface area contributed by atoms with E-state index < -0.39 is 0 Å². The Labute approximate surface area is 179 Å². The molecule has 1 aliphatic carbocycles. The lowest BCUT2D eigenvalue weighted by atomic mass is 9.93. The predicted molar refractivity (Wildman–Crippen MR) is 130 cm³/mol. The Hall–Kier alpha value is -3.50. The molecule has 0 saturated carbocycles. The highest BCUT2D eigenvalue weighted by Gasteiger charge is 2.13. The number of allylic oxidation sites excluding steroid dienone is 3. The van der Waals surface area contributed by atoms with Crippen LogP contribution in [0.15, 0.2) is 95.5 Å². The summed E-state index contributed by atoms with van der Waals surface area (Å²) in [5.41, 5.74) is 10.6. The van der Waals surface area contributed by atoms with E-state index in [9.17, 15) is 0 Å². The fraction of sp³-hybridized carbons (Fsp3) is 0.0769. The van der Waals surface area contributed by atoms with Crippen LogP contribution in [0.3, 0.4) is 0 Å². The number of nitrogens with zero attached hydrogens (tertiary/aromatic N) is 1. The fourth-order valence-corrected chi connectivity index (χ4v) is 5.01. The normalized spacial score (nSPS) is 14.6. The van der Waals surface area contributed by atoms with Gasteiger partial charge in [-0.05, 0) is 41.7 Å². The van der Waals surface area contributed by atoms with Gasteiger partial charge in [-0.25, -0.2) is 4.99 Å². The molecule has 0 fully saturated rings. The van der Waals surface area contributed by atoms with Crippen molar-refractivity contribution >= 4 is 48.8 Å². The number of nitrogens with two attached hydrogens (primary N) is 1. The highest BCUT2D eigenvalue weighted by atomic mass is 32.1. The lowest BCUT2D eigenvalue weighted by Gasteiger charge is -2.14. The molecule has 0 aliphatic heterocycles. The molecule has 3 N–H and O–H groups in total. The van der Waals surface area contributed by atoms with E-state index in [0.29, 0.717) is 5.84 Å². The van der Waals surface area contributed by atoms with Gasteiger partial charge in [0.25, 0.3) is 0 Å². The Morgan fingerprint density at radius 3 is 2.40 bits per heavy atom. The molecule has 5 rings (SSSR count). The smallest absolute Gasteiger partial charge is 0.150 e. The van der Waals surface area contributed by atoms with E-state index in [2.05, 4.69) is 71.7 Å². The molecule has 146 valence electrons. The Balaban J connectivity index is 1.40. The quantitative estimate of drug-likeness (QED) is 0.294. The summed E-state index contributed by atoms with van der Waals surface area (Å²) in [6, 6.07) is 25.0. The summed E-state index contributed by atoms with van der Waals surface area (Å²) in [6.45, 7) is 0. The lowest BCUT2D eigenvalue weighted by molar-refractivity contribution is 1.01. The van der Waals surface area contributed by atoms with Gasteiger partial charge in [-0.1, -0.05) is 72.8 Å². The molecule has 0 amide bonds. The van der Waals surface area contributed by atoms with E-state index in [4.69, 9.17) is 11.1 Å². The summed E-state index contributed by atoms with van der Waals surface area (Å²) < 4.78 is 2.45. The number of fused-ring (bicyclic) bond motifs is 3. The van der Waals surface area contributed by atoms with Crippen molar-refractivity contribution in [2.45, 2.75) is 12.8 Å². The van der Waals surface area contributed by atoms with Crippen LogP contribution in [0.1, 0.15) is 24.0 Å². The molecule has 0 radical (unpaired) electrons. The van der Waals surface area contributed by atoms with E-state index in [0.717, 1.165) is 24.0 Å². The van der Waals surface area contributed by atoms with Crippen molar-refractivity contribution in [3.8, 4) is 0 Å². The SMILES string of the molecule is N=C(N=C(N)c1ccc2c(c1)sc1ccccc12)C1=CC=C(c2ccccc2)CC1. The summed E-state index contributed by atoms with van der Waals surface area (Å²) in [4.78, 5) is 4.41. The van der Waals surface area contributed by atoms with Crippen molar-refractivity contribution in [3.05, 3.63) is 102 Å². The minimum Gasteiger partial charge on any atom is -0.383 e. The number of rotatable bonds is 3. The van der Waals surface area contributed by atoms with Gasteiger partial charge < -0.3 is 5.73 Å². The number of thiophene rings is 1. The van der Waals surface area contributed by atoms with Crippen LogP contribution in [0.5, 0.6) is 0 Å². The standard InChI is InChI=1S/C26H21N3S/c27-25(19-12-10-18(11-13-19)17-6-2-1-3-7-17)29-26(28)20-14-15-22-21-8-4-5-9-23(21)30-24(22)16-20/h1-10,12,14-16H,11,13H2,(H3,27,28,29). The van der Waals surface area contributed by atoms with Gasteiger partial charge in [0.2, 0.25) is 0 Å². The van der Waals surface area contributed by atoms with Crippen LogP contribution in [-0.2, 0) is 0 Å². The van der Waals surface area contributed by atoms with Crippen molar-refractivity contribution in [2.75, 3.05) is 0 Å². The molecule has 0 saturated heterocycles. The lowest BCUT2D eigenvalue weighted by Crippen LogP contribution is -2.16. The Morgan fingerprint density at radius 1 is 0.833 bits per heavy atom. The van der Waals surface area contributed by atoms with Crippen LogP contribution in [0.4, 0.5) is 0 Å². The molecule has 4 heteroatoms. The van der Waals surface area contributed by atoms with Gasteiger partial charge in [0, 0.05) is 25.7 Å². The molecule has 3 nitrogen and oxygen atoms in total. The third kappa shape index (κ3) is 3.46. The predicted octanol–water partition coefficient (Wildman–Crippen LogP) is 6.54. The van der Waals surface area contributed by atoms with Gasteiger partial charge >= 0.3 is 0 Å². The second kappa shape index (κ2) is 7.73. The van der Waals surface area contributed by atoms with Gasteiger partial charge in [-0.15, -0.1) is 11.3 Å². The number of benzene rings is 3. The number of aliphatic imine (C=N–C) groups is 1. The third-order valence-corrected chi connectivity index (χ3v) is 6.64. The van der Waals surface area contributed by atoms with Crippen molar-refractivity contribution in [2.24, 2.45) is 10.7 Å². The maximum absolute atomic E-state index is 8.42.